The normalized spacial score (nSPS) is 16.4. The van der Waals surface area contributed by atoms with Crippen LogP contribution in [0.4, 0.5) is 11.4 Å². The van der Waals surface area contributed by atoms with Gasteiger partial charge in [0.25, 0.3) is 0 Å². The third-order valence-corrected chi connectivity index (χ3v) is 18.7. The predicted octanol–water partition coefficient (Wildman–Crippen LogP) is 16.9. The fourth-order valence-electron chi connectivity index (χ4n) is 14.5. The van der Waals surface area contributed by atoms with Gasteiger partial charge in [0, 0.05) is 66.9 Å². The zero-order valence-corrected chi connectivity index (χ0v) is 44.9. The lowest BCUT2D eigenvalue weighted by Gasteiger charge is -2.42. The first kappa shape index (κ1) is 44.2. The van der Waals surface area contributed by atoms with Crippen LogP contribution >= 0.6 is 0 Å². The largest absolute Gasteiger partial charge is 0.456 e. The van der Waals surface area contributed by atoms with Crippen LogP contribution in [-0.2, 0) is 21.7 Å². The van der Waals surface area contributed by atoms with Crippen molar-refractivity contribution in [1.82, 2.24) is 14.1 Å². The molecule has 5 nitrogen and oxygen atoms in total. The molecule has 3 aromatic heterocycles. The zero-order valence-electron chi connectivity index (χ0n) is 44.9. The summed E-state index contributed by atoms with van der Waals surface area (Å²) in [4.78, 5) is 8.35. The van der Waals surface area contributed by atoms with E-state index in [1.54, 1.807) is 0 Å². The van der Waals surface area contributed by atoms with Crippen molar-refractivity contribution >= 4 is 83.9 Å². The van der Waals surface area contributed by atoms with E-state index in [0.29, 0.717) is 0 Å². The molecule has 0 amide bonds. The molecule has 5 heterocycles. The topological polar surface area (TPSA) is 39.1 Å². The van der Waals surface area contributed by atoms with Crippen LogP contribution in [0, 0.1) is 0 Å². The number of aromatic nitrogens is 3. The Hall–Kier alpha value is -8.09. The number of anilines is 2. The predicted molar refractivity (Wildman–Crippen MR) is 319 cm³/mol. The molecule has 12 aromatic rings. The minimum Gasteiger partial charge on any atom is -0.456 e. The Morgan fingerprint density at radius 1 is 0.500 bits per heavy atom. The summed E-state index contributed by atoms with van der Waals surface area (Å²) in [5, 5.41) is 4.74. The molecule has 0 N–H and O–H groups in total. The van der Waals surface area contributed by atoms with Gasteiger partial charge in [-0.15, -0.1) is 0 Å². The van der Waals surface area contributed by atoms with Gasteiger partial charge in [0.05, 0.1) is 22.1 Å². The van der Waals surface area contributed by atoms with E-state index in [2.05, 4.69) is 246 Å². The molecule has 0 bridgehead atoms. The van der Waals surface area contributed by atoms with Crippen LogP contribution in [0.1, 0.15) is 103 Å². The quantitative estimate of drug-likeness (QED) is 0.166. The minimum atomic E-state index is -0.207. The maximum absolute atomic E-state index is 6.73. The van der Waals surface area contributed by atoms with Gasteiger partial charge in [-0.3, -0.25) is 4.57 Å². The van der Waals surface area contributed by atoms with Crippen molar-refractivity contribution < 1.29 is 4.42 Å². The molecule has 76 heavy (non-hydrogen) atoms. The van der Waals surface area contributed by atoms with Crippen molar-refractivity contribution in [3.8, 4) is 45.0 Å². The van der Waals surface area contributed by atoms with Gasteiger partial charge in [-0.2, -0.15) is 0 Å². The van der Waals surface area contributed by atoms with Crippen LogP contribution in [0.25, 0.3) is 99.8 Å². The summed E-state index contributed by atoms with van der Waals surface area (Å²) in [6.45, 7) is 21.5. The molecule has 368 valence electrons. The van der Waals surface area contributed by atoms with Crippen molar-refractivity contribution in [2.24, 2.45) is 0 Å². The van der Waals surface area contributed by atoms with Gasteiger partial charge in [-0.25, -0.2) is 4.98 Å². The highest BCUT2D eigenvalue weighted by molar-refractivity contribution is 6.94. The fraction of sp³-hybridized carbons (Fsp3) is 0.214. The fourth-order valence-corrected chi connectivity index (χ4v) is 14.5. The Morgan fingerprint density at radius 3 is 1.92 bits per heavy atom. The average molecular weight is 983 g/mol. The average Bonchev–Trinajstić information content (AvgIpc) is 4.33. The number of rotatable bonds is 3. The molecule has 0 radical (unpaired) electrons. The molecule has 0 saturated heterocycles. The Bertz CT molecular complexity index is 4520. The standard InChI is InChI=1S/C70H59BN4O/c1-67(2,3)41-24-26-43(27-25-41)75-59-35-48-47-33-54-55(69(6,7)31-30-68(54,4)5)36-53(47)70(8,9)52(48)34-50(59)45-28-29-46-49-32-51-44-22-16-17-23-62(44)76-63(51)39-58(49)74-60-38-61-57(37-56(60)71(75)64(45)65(46)74)72-66(40-18-12-10-13-19-40)73(61)42-20-14-11-15-21-42/h10-29,32-39H,30-31H2,1-9H3. The van der Waals surface area contributed by atoms with E-state index < -0.39 is 0 Å². The van der Waals surface area contributed by atoms with Crippen molar-refractivity contribution in [1.29, 1.82) is 0 Å². The molecule has 0 fully saturated rings. The Labute approximate surface area is 444 Å². The van der Waals surface area contributed by atoms with E-state index in [1.807, 2.05) is 0 Å². The first-order chi connectivity index (χ1) is 36.5. The van der Waals surface area contributed by atoms with Crippen LogP contribution in [0.2, 0.25) is 0 Å². The second-order valence-electron chi connectivity index (χ2n) is 25.4. The lowest BCUT2D eigenvalue weighted by Crippen LogP contribution is -2.60. The van der Waals surface area contributed by atoms with Gasteiger partial charge in [0.15, 0.2) is 0 Å². The third kappa shape index (κ3) is 5.80. The Kier molecular flexibility index (Phi) is 8.52. The Morgan fingerprint density at radius 2 is 1.17 bits per heavy atom. The van der Waals surface area contributed by atoms with E-state index in [0.717, 1.165) is 61.3 Å². The monoisotopic (exact) mass is 982 g/mol. The number of fused-ring (bicyclic) bond motifs is 16. The zero-order chi connectivity index (χ0) is 51.5. The molecular weight excluding hydrogens is 924 g/mol. The summed E-state index contributed by atoms with van der Waals surface area (Å²) in [7, 11) is 0. The summed E-state index contributed by atoms with van der Waals surface area (Å²) in [6, 6.07) is 64.3. The van der Waals surface area contributed by atoms with Crippen molar-refractivity contribution in [2.75, 3.05) is 4.81 Å². The van der Waals surface area contributed by atoms with Crippen LogP contribution in [0.3, 0.4) is 0 Å². The maximum atomic E-state index is 6.73. The molecule has 2 aliphatic carbocycles. The Balaban J connectivity index is 1.05. The maximum Gasteiger partial charge on any atom is 0.333 e. The lowest BCUT2D eigenvalue weighted by atomic mass is 9.44. The number of hydrogen-bond donors (Lipinski definition) is 0. The number of hydrogen-bond acceptors (Lipinski definition) is 3. The van der Waals surface area contributed by atoms with E-state index >= 15 is 0 Å². The van der Waals surface area contributed by atoms with Crippen LogP contribution < -0.4 is 15.7 Å². The first-order valence-electron chi connectivity index (χ1n) is 27.4. The van der Waals surface area contributed by atoms with E-state index in [-0.39, 0.29) is 28.5 Å². The van der Waals surface area contributed by atoms with Crippen molar-refractivity contribution in [2.45, 2.75) is 96.8 Å². The molecule has 9 aromatic carbocycles. The second kappa shape index (κ2) is 14.6. The smallest absolute Gasteiger partial charge is 0.333 e. The first-order valence-corrected chi connectivity index (χ1v) is 27.4. The van der Waals surface area contributed by atoms with Gasteiger partial charge in [0.1, 0.15) is 17.0 Å². The van der Waals surface area contributed by atoms with Crippen LogP contribution in [0.5, 0.6) is 0 Å². The summed E-state index contributed by atoms with van der Waals surface area (Å²) in [5.41, 5.74) is 26.9. The van der Waals surface area contributed by atoms with Gasteiger partial charge < -0.3 is 13.8 Å². The molecule has 0 saturated carbocycles. The van der Waals surface area contributed by atoms with E-state index in [4.69, 9.17) is 9.40 Å². The SMILES string of the molecule is CC(C)(C)c1ccc(N2B3c4cc5nc(-c6ccccc6)n(-c6ccccc6)c5cc4-n4c5cc6oc7ccccc7c6cc5c5ccc(c3c54)-c3cc4c(cc32)-c2cc3c(cc2C4(C)C)C(C)(C)CCC3(C)C)cc1. The van der Waals surface area contributed by atoms with Crippen molar-refractivity contribution in [3.63, 3.8) is 0 Å². The molecular formula is C70H59BN4O. The lowest BCUT2D eigenvalue weighted by molar-refractivity contribution is 0.331. The highest BCUT2D eigenvalue weighted by Crippen LogP contribution is 2.58. The third-order valence-electron chi connectivity index (χ3n) is 18.7. The number of benzene rings is 9. The molecule has 0 unspecified atom stereocenters. The number of imidazole rings is 1. The van der Waals surface area contributed by atoms with E-state index in [1.165, 1.54) is 102 Å². The second-order valence-corrected chi connectivity index (χ2v) is 25.4. The summed E-state index contributed by atoms with van der Waals surface area (Å²) in [5.74, 6) is 0.919. The van der Waals surface area contributed by atoms with Crippen LogP contribution in [-0.4, -0.2) is 21.0 Å². The van der Waals surface area contributed by atoms with Crippen molar-refractivity contribution in [3.05, 3.63) is 198 Å². The van der Waals surface area contributed by atoms with Gasteiger partial charge in [-0.05, 0) is 151 Å². The molecule has 6 heteroatoms. The molecule has 0 spiro atoms. The summed E-state index contributed by atoms with van der Waals surface area (Å²) >= 11 is 0. The molecule has 2 aliphatic heterocycles. The molecule has 4 aliphatic rings. The summed E-state index contributed by atoms with van der Waals surface area (Å²) in [6.07, 6.45) is 2.37. The minimum absolute atomic E-state index is 0.00275. The highest BCUT2D eigenvalue weighted by Gasteiger charge is 2.48. The number of furan rings is 1. The number of nitrogens with zero attached hydrogens (tertiary/aromatic N) is 4. The van der Waals surface area contributed by atoms with Gasteiger partial charge in [-0.1, -0.05) is 159 Å². The van der Waals surface area contributed by atoms with Gasteiger partial charge in [0.2, 0.25) is 0 Å². The molecule has 0 atom stereocenters. The molecule has 16 rings (SSSR count). The number of para-hydroxylation sites is 2. The van der Waals surface area contributed by atoms with Crippen LogP contribution in [0.15, 0.2) is 174 Å². The summed E-state index contributed by atoms with van der Waals surface area (Å²) < 4.78 is 11.7. The van der Waals surface area contributed by atoms with E-state index in [9.17, 15) is 0 Å². The highest BCUT2D eigenvalue weighted by atomic mass is 16.3. The van der Waals surface area contributed by atoms with Gasteiger partial charge >= 0.3 is 6.85 Å².